The molecule has 100 valence electrons. The average molecular weight is 262 g/mol. The fourth-order valence-electron chi connectivity index (χ4n) is 1.39. The highest BCUT2D eigenvalue weighted by molar-refractivity contribution is 5.78. The van der Waals surface area contributed by atoms with E-state index >= 15 is 0 Å². The topological polar surface area (TPSA) is 46.5 Å². The Bertz CT molecular complexity index is 446. The summed E-state index contributed by atoms with van der Waals surface area (Å²) in [6, 6.07) is 3.02. The van der Waals surface area contributed by atoms with Gasteiger partial charge in [0.15, 0.2) is 6.10 Å². The number of aliphatic hydroxyl groups is 1. The van der Waals surface area contributed by atoms with Crippen LogP contribution in [0.2, 0.25) is 0 Å². The second-order valence-electron chi connectivity index (χ2n) is 3.75. The maximum atomic E-state index is 13.5. The van der Waals surface area contributed by atoms with Crippen molar-refractivity contribution in [1.29, 1.82) is 0 Å². The summed E-state index contributed by atoms with van der Waals surface area (Å²) in [6.45, 7) is 2.53. The van der Waals surface area contributed by atoms with Crippen LogP contribution in [0.25, 0.3) is 0 Å². The third-order valence-electron chi connectivity index (χ3n) is 2.39. The summed E-state index contributed by atoms with van der Waals surface area (Å²) in [5, 5.41) is 9.49. The molecular weight excluding hydrogens is 249 g/mol. The minimum Gasteiger partial charge on any atom is -0.461 e. The van der Waals surface area contributed by atoms with Gasteiger partial charge in [0.05, 0.1) is 6.61 Å². The molecular formula is C12H13F3O3. The van der Waals surface area contributed by atoms with Gasteiger partial charge < -0.3 is 9.84 Å². The van der Waals surface area contributed by atoms with Crippen molar-refractivity contribution in [2.45, 2.75) is 25.9 Å². The van der Waals surface area contributed by atoms with E-state index < -0.39 is 23.8 Å². The van der Waals surface area contributed by atoms with Gasteiger partial charge in [-0.2, -0.15) is 8.78 Å². The molecule has 0 aliphatic heterocycles. The molecule has 0 heterocycles. The summed E-state index contributed by atoms with van der Waals surface area (Å²) >= 11 is 0. The standard InChI is InChI=1S/C12H13F3O3/c1-3-18-11(17)12(14,15)10(16)8-4-5-9(13)7(2)6-8/h4-6,10,16H,3H2,1-2H3. The van der Waals surface area contributed by atoms with E-state index in [2.05, 4.69) is 4.74 Å². The van der Waals surface area contributed by atoms with Crippen molar-refractivity contribution >= 4 is 5.97 Å². The SMILES string of the molecule is CCOC(=O)C(F)(F)C(O)c1ccc(F)c(C)c1. The van der Waals surface area contributed by atoms with Gasteiger partial charge in [-0.1, -0.05) is 12.1 Å². The number of alkyl halides is 2. The lowest BCUT2D eigenvalue weighted by atomic mass is 10.0. The molecule has 0 spiro atoms. The molecule has 0 aliphatic rings. The quantitative estimate of drug-likeness (QED) is 0.847. The van der Waals surface area contributed by atoms with Crippen LogP contribution in [0.3, 0.4) is 0 Å². The highest BCUT2D eigenvalue weighted by atomic mass is 19.3. The third-order valence-corrected chi connectivity index (χ3v) is 2.39. The number of carbonyl (C=O) groups excluding carboxylic acids is 1. The number of hydrogen-bond donors (Lipinski definition) is 1. The zero-order chi connectivity index (χ0) is 13.9. The van der Waals surface area contributed by atoms with Crippen molar-refractivity contribution in [3.63, 3.8) is 0 Å². The number of hydrogen-bond acceptors (Lipinski definition) is 3. The van der Waals surface area contributed by atoms with E-state index in [0.717, 1.165) is 18.2 Å². The summed E-state index contributed by atoms with van der Waals surface area (Å²) in [7, 11) is 0. The van der Waals surface area contributed by atoms with Gasteiger partial charge in [-0.3, -0.25) is 0 Å². The predicted molar refractivity (Wildman–Crippen MR) is 57.7 cm³/mol. The minimum absolute atomic E-state index is 0.103. The molecule has 18 heavy (non-hydrogen) atoms. The zero-order valence-electron chi connectivity index (χ0n) is 9.91. The van der Waals surface area contributed by atoms with E-state index in [1.165, 1.54) is 13.8 Å². The molecule has 1 aromatic carbocycles. The Morgan fingerprint density at radius 3 is 2.61 bits per heavy atom. The first-order valence-electron chi connectivity index (χ1n) is 5.29. The predicted octanol–water partition coefficient (Wildman–Crippen LogP) is 2.37. The number of esters is 1. The maximum Gasteiger partial charge on any atom is 0.380 e. The molecule has 0 aliphatic carbocycles. The maximum absolute atomic E-state index is 13.5. The molecule has 1 rings (SSSR count). The van der Waals surface area contributed by atoms with Crippen LogP contribution < -0.4 is 0 Å². The van der Waals surface area contributed by atoms with E-state index in [0.29, 0.717) is 0 Å². The molecule has 1 aromatic rings. The zero-order valence-corrected chi connectivity index (χ0v) is 9.91. The monoisotopic (exact) mass is 262 g/mol. The fraction of sp³-hybridized carbons (Fsp3) is 0.417. The van der Waals surface area contributed by atoms with Crippen LogP contribution in [0.1, 0.15) is 24.2 Å². The van der Waals surface area contributed by atoms with Gasteiger partial charge in [-0.25, -0.2) is 9.18 Å². The van der Waals surface area contributed by atoms with E-state index in [-0.39, 0.29) is 17.7 Å². The molecule has 6 heteroatoms. The normalized spacial score (nSPS) is 13.2. The molecule has 0 saturated heterocycles. The third kappa shape index (κ3) is 2.81. The summed E-state index contributed by atoms with van der Waals surface area (Å²) in [5.74, 6) is -6.45. The molecule has 0 bridgehead atoms. The van der Waals surface area contributed by atoms with Gasteiger partial charge in [0.1, 0.15) is 5.82 Å². The van der Waals surface area contributed by atoms with Crippen molar-refractivity contribution in [3.05, 3.63) is 35.1 Å². The van der Waals surface area contributed by atoms with Crippen LogP contribution in [-0.2, 0) is 9.53 Å². The van der Waals surface area contributed by atoms with Crippen LogP contribution in [0, 0.1) is 12.7 Å². The molecule has 3 nitrogen and oxygen atoms in total. The lowest BCUT2D eigenvalue weighted by Gasteiger charge is -2.21. The largest absolute Gasteiger partial charge is 0.461 e. The lowest BCUT2D eigenvalue weighted by Crippen LogP contribution is -2.37. The van der Waals surface area contributed by atoms with Crippen molar-refractivity contribution in [2.24, 2.45) is 0 Å². The van der Waals surface area contributed by atoms with E-state index in [4.69, 9.17) is 0 Å². The Morgan fingerprint density at radius 1 is 1.50 bits per heavy atom. The van der Waals surface area contributed by atoms with Crippen LogP contribution in [0.5, 0.6) is 0 Å². The van der Waals surface area contributed by atoms with E-state index in [1.54, 1.807) is 0 Å². The van der Waals surface area contributed by atoms with Crippen LogP contribution in [0.4, 0.5) is 13.2 Å². The van der Waals surface area contributed by atoms with E-state index in [9.17, 15) is 23.1 Å². The first-order valence-corrected chi connectivity index (χ1v) is 5.29. The summed E-state index contributed by atoms with van der Waals surface area (Å²) < 4.78 is 44.2. The molecule has 1 unspecified atom stereocenters. The second kappa shape index (κ2) is 5.39. The van der Waals surface area contributed by atoms with Gasteiger partial charge in [-0.05, 0) is 31.0 Å². The number of benzene rings is 1. The smallest absolute Gasteiger partial charge is 0.380 e. The van der Waals surface area contributed by atoms with Gasteiger partial charge in [0.2, 0.25) is 0 Å². The average Bonchev–Trinajstić information content (AvgIpc) is 2.32. The first-order chi connectivity index (χ1) is 8.30. The van der Waals surface area contributed by atoms with E-state index in [1.807, 2.05) is 0 Å². The summed E-state index contributed by atoms with van der Waals surface area (Å²) in [6.07, 6.45) is -2.36. The minimum atomic E-state index is -4.07. The number of aliphatic hydroxyl groups excluding tert-OH is 1. The Hall–Kier alpha value is -1.56. The fourth-order valence-corrected chi connectivity index (χ4v) is 1.39. The van der Waals surface area contributed by atoms with Crippen molar-refractivity contribution < 1.29 is 27.8 Å². The van der Waals surface area contributed by atoms with Crippen molar-refractivity contribution in [2.75, 3.05) is 6.61 Å². The molecule has 1 N–H and O–H groups in total. The Morgan fingerprint density at radius 2 is 2.11 bits per heavy atom. The summed E-state index contributed by atoms with van der Waals surface area (Å²) in [5.41, 5.74) is -0.141. The number of halogens is 3. The first kappa shape index (κ1) is 14.5. The molecule has 0 aromatic heterocycles. The van der Waals surface area contributed by atoms with Gasteiger partial charge in [-0.15, -0.1) is 0 Å². The van der Waals surface area contributed by atoms with Crippen molar-refractivity contribution in [1.82, 2.24) is 0 Å². The van der Waals surface area contributed by atoms with Crippen LogP contribution >= 0.6 is 0 Å². The Labute approximate surface area is 102 Å². The van der Waals surface area contributed by atoms with Gasteiger partial charge in [0, 0.05) is 0 Å². The van der Waals surface area contributed by atoms with Gasteiger partial charge in [0.25, 0.3) is 0 Å². The summed E-state index contributed by atoms with van der Waals surface area (Å²) in [4.78, 5) is 11.0. The number of rotatable bonds is 4. The molecule has 0 amide bonds. The van der Waals surface area contributed by atoms with Crippen molar-refractivity contribution in [3.8, 4) is 0 Å². The van der Waals surface area contributed by atoms with Gasteiger partial charge >= 0.3 is 11.9 Å². The molecule has 0 radical (unpaired) electrons. The Kier molecular flexibility index (Phi) is 4.34. The lowest BCUT2D eigenvalue weighted by molar-refractivity contribution is -0.189. The highest BCUT2D eigenvalue weighted by Crippen LogP contribution is 2.33. The van der Waals surface area contributed by atoms with Crippen LogP contribution in [0.15, 0.2) is 18.2 Å². The number of ether oxygens (including phenoxy) is 1. The number of aryl methyl sites for hydroxylation is 1. The second-order valence-corrected chi connectivity index (χ2v) is 3.75. The number of carbonyl (C=O) groups is 1. The Balaban J connectivity index is 3.01. The highest BCUT2D eigenvalue weighted by Gasteiger charge is 2.49. The molecule has 0 saturated carbocycles. The molecule has 1 atom stereocenters. The molecule has 0 fully saturated rings. The van der Waals surface area contributed by atoms with Crippen LogP contribution in [-0.4, -0.2) is 23.6 Å².